The molecular weight excluding hydrogens is 487 g/mol. The number of rotatable bonds is 10. The molecule has 0 amide bonds. The number of anilines is 1. The van der Waals surface area contributed by atoms with Crippen molar-refractivity contribution in [2.45, 2.75) is 74.4 Å². The Morgan fingerprint density at radius 2 is 2.22 bits per heavy atom. The number of hydrogen-bond donors (Lipinski definition) is 4. The summed E-state index contributed by atoms with van der Waals surface area (Å²) < 4.78 is 143. The van der Waals surface area contributed by atoms with Crippen molar-refractivity contribution in [3.8, 4) is 0 Å². The third kappa shape index (κ3) is 4.92. The van der Waals surface area contributed by atoms with Gasteiger partial charge in [-0.2, -0.15) is 0 Å². The summed E-state index contributed by atoms with van der Waals surface area (Å²) in [5.74, 6) is -4.84. The number of aromatic nitrogens is 5. The summed E-state index contributed by atoms with van der Waals surface area (Å²) in [4.78, 5) is 8.28. The predicted molar refractivity (Wildman–Crippen MR) is 133 cm³/mol. The van der Waals surface area contributed by atoms with E-state index in [9.17, 15) is 19.7 Å². The predicted octanol–water partition coefficient (Wildman–Crippen LogP) is 2.18. The first-order valence-electron chi connectivity index (χ1n) is 18.1. The van der Waals surface area contributed by atoms with E-state index >= 15 is 0 Å². The highest BCUT2D eigenvalue weighted by Gasteiger charge is 2.45. The van der Waals surface area contributed by atoms with Crippen LogP contribution >= 0.6 is 11.8 Å². The molecule has 6 atom stereocenters. The molecule has 0 unspecified atom stereocenters. The summed E-state index contributed by atoms with van der Waals surface area (Å²) in [7, 11) is 0. The van der Waals surface area contributed by atoms with Gasteiger partial charge in [-0.3, -0.25) is 0 Å². The van der Waals surface area contributed by atoms with Gasteiger partial charge < -0.3 is 25.4 Å². The van der Waals surface area contributed by atoms with E-state index in [1.54, 1.807) is 0 Å². The monoisotopic (exact) mass is 533 g/mol. The lowest BCUT2D eigenvalue weighted by molar-refractivity contribution is -0.0629. The van der Waals surface area contributed by atoms with Crippen LogP contribution in [0.1, 0.15) is 69.7 Å². The minimum absolute atomic E-state index is 0.137. The maximum Gasteiger partial charge on any atom is 0.191 e. The number of nitrogens with one attached hydrogen (secondary N) is 1. The molecule has 194 valence electrons. The van der Waals surface area contributed by atoms with E-state index in [1.807, 2.05) is 0 Å². The van der Waals surface area contributed by atoms with Crippen LogP contribution in [-0.2, 0) is 4.74 Å². The second-order valence-electron chi connectivity index (χ2n) is 7.86. The number of nitrogens with zero attached hydrogens (tertiary/aromatic N) is 5. The molecule has 2 aliphatic carbocycles. The van der Waals surface area contributed by atoms with Crippen LogP contribution in [0.3, 0.4) is 0 Å². The van der Waals surface area contributed by atoms with Crippen molar-refractivity contribution in [1.29, 1.82) is 0 Å². The molecule has 5 rings (SSSR count). The van der Waals surface area contributed by atoms with Crippen molar-refractivity contribution < 1.29 is 45.0 Å². The van der Waals surface area contributed by atoms with Crippen LogP contribution < -0.4 is 5.32 Å². The zero-order chi connectivity index (χ0) is 38.8. The van der Waals surface area contributed by atoms with Crippen LogP contribution in [0.25, 0.3) is 11.2 Å². The van der Waals surface area contributed by atoms with E-state index in [4.69, 9.17) is 25.3 Å². The van der Waals surface area contributed by atoms with E-state index < -0.39 is 131 Å². The van der Waals surface area contributed by atoms with Crippen molar-refractivity contribution in [1.82, 2.24) is 25.0 Å². The number of aliphatic hydroxyl groups is 3. The lowest BCUT2D eigenvalue weighted by Crippen LogP contribution is -2.33. The van der Waals surface area contributed by atoms with Crippen LogP contribution in [0.2, 0.25) is 0 Å². The Labute approximate surface area is 233 Å². The molecule has 0 bridgehead atoms. The fourth-order valence-electron chi connectivity index (χ4n) is 3.76. The third-order valence-electron chi connectivity index (χ3n) is 5.59. The molecule has 2 fully saturated rings. The van der Waals surface area contributed by atoms with E-state index in [0.717, 1.165) is 18.5 Å². The summed E-state index contributed by atoms with van der Waals surface area (Å²) >= 11 is 0.137. The normalized spacial score (nSPS) is 40.8. The Hall–Kier alpha value is -2.38. The van der Waals surface area contributed by atoms with Gasteiger partial charge in [0.2, 0.25) is 0 Å². The van der Waals surface area contributed by atoms with Gasteiger partial charge >= 0.3 is 0 Å². The molecule has 0 spiro atoms. The van der Waals surface area contributed by atoms with E-state index in [1.165, 1.54) is 0 Å². The SMILES string of the molecule is [2H]c1c([2H])c([C@]2([2H])C([2H])([2H])[C@@]2([2H])Nc2nc(SC([2H])([2H])C([2H])([2H])C)nc3c2nnn3[C@@H]2C[C@H](OC([2H])([2H])C([2H])([2H])O)[C@@H](O)[C@H]2O)c([2H])c(F)c1C. The summed E-state index contributed by atoms with van der Waals surface area (Å²) in [6.07, 6.45) is -11.4. The van der Waals surface area contributed by atoms with Gasteiger partial charge in [-0.05, 0) is 36.8 Å². The molecule has 2 aliphatic rings. The molecule has 0 saturated heterocycles. The number of aliphatic hydroxyl groups excluding tert-OH is 2. The fourth-order valence-corrected chi connectivity index (χ4v) is 4.22. The highest BCUT2D eigenvalue weighted by molar-refractivity contribution is 7.99. The van der Waals surface area contributed by atoms with Gasteiger partial charge in [0.15, 0.2) is 22.1 Å². The van der Waals surface area contributed by atoms with Crippen molar-refractivity contribution in [2.24, 2.45) is 0 Å². The molecule has 2 saturated carbocycles. The molecule has 1 aromatic carbocycles. The number of halogens is 1. The third-order valence-corrected chi connectivity index (χ3v) is 6.26. The van der Waals surface area contributed by atoms with Crippen LogP contribution in [0, 0.1) is 12.7 Å². The maximum atomic E-state index is 14.9. The van der Waals surface area contributed by atoms with E-state index in [-0.39, 0.29) is 11.8 Å². The molecule has 10 nitrogen and oxygen atoms in total. The van der Waals surface area contributed by atoms with Crippen molar-refractivity contribution in [3.63, 3.8) is 0 Å². The van der Waals surface area contributed by atoms with Gasteiger partial charge in [-0.15, -0.1) is 5.10 Å². The smallest absolute Gasteiger partial charge is 0.191 e. The summed E-state index contributed by atoms with van der Waals surface area (Å²) in [5, 5.41) is 40.7. The topological polar surface area (TPSA) is 138 Å². The molecule has 0 radical (unpaired) electrons. The first kappa shape index (κ1) is 12.9. The number of fused-ring (bicyclic) bond motifs is 1. The van der Waals surface area contributed by atoms with Gasteiger partial charge in [-0.1, -0.05) is 36.0 Å². The first-order valence-corrected chi connectivity index (χ1v) is 11.4. The quantitative estimate of drug-likeness (QED) is 0.227. The van der Waals surface area contributed by atoms with Gasteiger partial charge in [0, 0.05) is 33.6 Å². The Balaban J connectivity index is 1.64. The van der Waals surface area contributed by atoms with Crippen molar-refractivity contribution in [2.75, 3.05) is 24.1 Å². The molecule has 0 aliphatic heterocycles. The maximum absolute atomic E-state index is 14.9. The lowest BCUT2D eigenvalue weighted by atomic mass is 10.1. The molecular formula is C24H31FN6O4S. The van der Waals surface area contributed by atoms with E-state index in [2.05, 4.69) is 25.6 Å². The second kappa shape index (κ2) is 10.5. The standard InChI is InChI=1S/C24H31FN6O4S/c1-3-8-36-24-27-22(26-16-10-14(16)13-5-4-12(2)15(25)9-13)19-23(28-24)31(30-29-19)17-11-18(35-7-6-32)21(34)20(17)33/h4-5,9,14,16-18,20-21,32-34H,3,6-8,10-11H2,1-2H3,(H,26,27,28)/t14-,16+,17+,18-,20-,21+/m0/s1/i3D2,4D,5D,6D2,7D2,8D2,9D,10D2,14D,16D. The average molecular weight is 534 g/mol. The zero-order valence-electron chi connectivity index (χ0n) is 33.8. The van der Waals surface area contributed by atoms with Crippen molar-refractivity contribution in [3.05, 3.63) is 35.1 Å². The van der Waals surface area contributed by atoms with Gasteiger partial charge in [0.1, 0.15) is 18.0 Å². The molecule has 2 aromatic heterocycles. The van der Waals surface area contributed by atoms with Gasteiger partial charge in [-0.25, -0.2) is 19.0 Å². The molecule has 12 heteroatoms. The summed E-state index contributed by atoms with van der Waals surface area (Å²) in [6.45, 7) is -4.84. The highest BCUT2D eigenvalue weighted by Crippen LogP contribution is 2.44. The lowest BCUT2D eigenvalue weighted by Gasteiger charge is -2.17. The van der Waals surface area contributed by atoms with Crippen LogP contribution in [-0.4, -0.2) is 83.4 Å². The van der Waals surface area contributed by atoms with Crippen LogP contribution in [0.5, 0.6) is 0 Å². The first-order chi connectivity index (χ1) is 23.0. The van der Waals surface area contributed by atoms with Crippen LogP contribution in [0.15, 0.2) is 23.3 Å². The molecule has 36 heavy (non-hydrogen) atoms. The Bertz CT molecular complexity index is 1870. The second-order valence-corrected chi connectivity index (χ2v) is 8.63. The zero-order valence-corrected chi connectivity index (χ0v) is 19.6. The number of hydrogen-bond acceptors (Lipinski definition) is 10. The van der Waals surface area contributed by atoms with Crippen molar-refractivity contribution >= 4 is 28.7 Å². The minimum Gasteiger partial charge on any atom is -0.394 e. The Morgan fingerprint density at radius 1 is 1.39 bits per heavy atom. The number of ether oxygens (including phenoxy) is 1. The fraction of sp³-hybridized carbons (Fsp3) is 0.583. The Morgan fingerprint density at radius 3 is 3.00 bits per heavy atom. The largest absolute Gasteiger partial charge is 0.394 e. The molecule has 4 N–H and O–H groups in total. The average Bonchev–Trinajstić information content (AvgIpc) is 3.35. The van der Waals surface area contributed by atoms with E-state index in [0.29, 0.717) is 0 Å². The number of thioether (sulfide) groups is 1. The summed E-state index contributed by atoms with van der Waals surface area (Å²) in [5.41, 5.74) is -4.89. The summed E-state index contributed by atoms with van der Waals surface area (Å²) in [6, 6.07) is -6.98. The minimum atomic E-state index is -3.53. The van der Waals surface area contributed by atoms with Gasteiger partial charge in [0.05, 0.1) is 36.2 Å². The van der Waals surface area contributed by atoms with Gasteiger partial charge in [0.25, 0.3) is 0 Å². The molecule has 2 heterocycles. The number of benzene rings is 1. The highest BCUT2D eigenvalue weighted by atomic mass is 32.2. The molecule has 3 aromatic rings. The van der Waals surface area contributed by atoms with Crippen LogP contribution in [0.4, 0.5) is 10.2 Å². The Kier molecular flexibility index (Phi) is 3.78.